The number of aryl methyl sites for hydroxylation is 5. The standard InChI is InChI=1S/C22H28N6OS2.C21H26N6O3S2/c1-16-6-7-18(19(14-16)28-10-4-3-5-11-28)25-20(29)26-21-24-15-17(31-21)8-13-30-22-23-9-12-27(22)2;1-15-5-6-17(18(13-15)27-10-3-2-4-11-27)25-19(28)26-20-24-14-16(31-20)7-12-32(29,30)21-22-8-9-23-21/h6-7,9,12,14-15H,3-5,8,10-11,13H2,1-2H3,(H2,24,25,26,29);5-6,8-9,13-14H,2-4,7,10-12H2,1H3,(H,22,23)(H2,24,25,26,28). The summed E-state index contributed by atoms with van der Waals surface area (Å²) in [6.07, 6.45) is 18.4. The van der Waals surface area contributed by atoms with Crippen molar-refractivity contribution in [2.45, 2.75) is 75.5 Å². The highest BCUT2D eigenvalue weighted by Crippen LogP contribution is 2.32. The average molecular weight is 931 g/mol. The first-order chi connectivity index (χ1) is 30.5. The molecule has 0 atom stereocenters. The van der Waals surface area contributed by atoms with E-state index in [1.165, 1.54) is 66.3 Å². The molecule has 2 fully saturated rings. The number of thiazole rings is 2. The van der Waals surface area contributed by atoms with Gasteiger partial charge in [0.25, 0.3) is 0 Å². The molecule has 0 radical (unpaired) electrons. The summed E-state index contributed by atoms with van der Waals surface area (Å²) >= 11 is 4.49. The number of amides is 4. The number of hydrogen-bond acceptors (Lipinski definition) is 13. The Morgan fingerprint density at radius 2 is 1.25 bits per heavy atom. The van der Waals surface area contributed by atoms with Crippen LogP contribution < -0.4 is 31.1 Å². The van der Waals surface area contributed by atoms with Gasteiger partial charge in [-0.15, -0.1) is 22.7 Å². The zero-order valence-corrected chi connectivity index (χ0v) is 39.0. The van der Waals surface area contributed by atoms with Crippen LogP contribution in [0, 0.1) is 13.8 Å². The Hall–Kier alpha value is -5.44. The Balaban J connectivity index is 0.000000189. The van der Waals surface area contributed by atoms with Gasteiger partial charge >= 0.3 is 12.1 Å². The highest BCUT2D eigenvalue weighted by atomic mass is 32.2. The topological polar surface area (TPSA) is 195 Å². The lowest BCUT2D eigenvalue weighted by Crippen LogP contribution is -2.31. The summed E-state index contributed by atoms with van der Waals surface area (Å²) in [5, 5.41) is 13.6. The molecular weight excluding hydrogens is 877 g/mol. The summed E-state index contributed by atoms with van der Waals surface area (Å²) in [4.78, 5) is 51.1. The fraction of sp³-hybridized carbons (Fsp3) is 0.395. The predicted octanol–water partition coefficient (Wildman–Crippen LogP) is 8.98. The molecule has 2 aromatic carbocycles. The number of aromatic amines is 1. The molecule has 2 aliphatic heterocycles. The van der Waals surface area contributed by atoms with E-state index in [1.807, 2.05) is 55.2 Å². The maximum atomic E-state index is 12.6. The smallest absolute Gasteiger partial charge is 0.325 e. The van der Waals surface area contributed by atoms with Crippen molar-refractivity contribution in [1.82, 2.24) is 29.5 Å². The van der Waals surface area contributed by atoms with Gasteiger partial charge in [-0.2, -0.15) is 0 Å². The highest BCUT2D eigenvalue weighted by molar-refractivity contribution is 7.99. The van der Waals surface area contributed by atoms with Gasteiger partial charge in [-0.05, 0) is 101 Å². The number of piperidine rings is 2. The maximum Gasteiger partial charge on any atom is 0.325 e. The number of hydrogen-bond donors (Lipinski definition) is 5. The van der Waals surface area contributed by atoms with Gasteiger partial charge in [0.2, 0.25) is 15.0 Å². The summed E-state index contributed by atoms with van der Waals surface area (Å²) in [6.45, 7) is 8.16. The zero-order valence-electron chi connectivity index (χ0n) is 35.7. The number of nitrogens with one attached hydrogen (secondary N) is 5. The molecule has 6 aromatic rings. The van der Waals surface area contributed by atoms with Crippen LogP contribution in [-0.2, 0) is 29.7 Å². The van der Waals surface area contributed by atoms with Gasteiger partial charge in [0.05, 0.1) is 28.5 Å². The lowest BCUT2D eigenvalue weighted by Gasteiger charge is -2.30. The Morgan fingerprint density at radius 1 is 0.714 bits per heavy atom. The number of H-pyrrole nitrogens is 1. The van der Waals surface area contributed by atoms with E-state index in [9.17, 15) is 18.0 Å². The lowest BCUT2D eigenvalue weighted by molar-refractivity contribution is 0.261. The number of thioether (sulfide) groups is 1. The molecule has 16 nitrogen and oxygen atoms in total. The maximum absolute atomic E-state index is 12.6. The van der Waals surface area contributed by atoms with Crippen molar-refractivity contribution in [3.63, 3.8) is 0 Å². The van der Waals surface area contributed by atoms with Crippen LogP contribution in [0.2, 0.25) is 0 Å². The van der Waals surface area contributed by atoms with Crippen LogP contribution in [0.4, 0.5) is 42.6 Å². The quantitative estimate of drug-likeness (QED) is 0.0655. The Bertz CT molecular complexity index is 2540. The monoisotopic (exact) mass is 930 g/mol. The third-order valence-electron chi connectivity index (χ3n) is 10.5. The summed E-state index contributed by atoms with van der Waals surface area (Å²) in [5.74, 6) is 0.831. The zero-order chi connectivity index (χ0) is 44.2. The minimum atomic E-state index is -3.48. The van der Waals surface area contributed by atoms with Crippen molar-refractivity contribution in [3.05, 3.63) is 94.5 Å². The highest BCUT2D eigenvalue weighted by Gasteiger charge is 2.20. The van der Waals surface area contributed by atoms with Gasteiger partial charge in [0.1, 0.15) is 0 Å². The van der Waals surface area contributed by atoms with Crippen LogP contribution in [0.15, 0.2) is 83.9 Å². The molecule has 0 bridgehead atoms. The van der Waals surface area contributed by atoms with Crippen molar-refractivity contribution in [1.29, 1.82) is 0 Å². The minimum absolute atomic E-state index is 0.0395. The fourth-order valence-electron chi connectivity index (χ4n) is 7.24. The Kier molecular flexibility index (Phi) is 15.7. The van der Waals surface area contributed by atoms with E-state index in [4.69, 9.17) is 0 Å². The van der Waals surface area contributed by atoms with E-state index in [1.54, 1.807) is 24.2 Å². The van der Waals surface area contributed by atoms with Crippen molar-refractivity contribution in [3.8, 4) is 0 Å². The number of carbonyl (C=O) groups excluding carboxylic acids is 2. The minimum Gasteiger partial charge on any atom is -0.370 e. The molecule has 4 amide bonds. The number of nitrogens with zero attached hydrogens (tertiary/aromatic N) is 7. The van der Waals surface area contributed by atoms with Crippen LogP contribution in [0.1, 0.15) is 59.4 Å². The molecule has 0 saturated carbocycles. The van der Waals surface area contributed by atoms with Crippen LogP contribution in [0.5, 0.6) is 0 Å². The second kappa shape index (κ2) is 21.8. The summed E-state index contributed by atoms with van der Waals surface area (Å²) in [7, 11) is -1.49. The van der Waals surface area contributed by atoms with Gasteiger partial charge in [0.15, 0.2) is 15.4 Å². The summed E-state index contributed by atoms with van der Waals surface area (Å²) in [6, 6.07) is 11.5. The lowest BCUT2D eigenvalue weighted by atomic mass is 10.1. The van der Waals surface area contributed by atoms with Crippen LogP contribution in [0.25, 0.3) is 0 Å². The van der Waals surface area contributed by atoms with E-state index in [0.717, 1.165) is 94.4 Å². The Labute approximate surface area is 380 Å². The molecule has 4 aromatic heterocycles. The molecule has 8 rings (SSSR count). The van der Waals surface area contributed by atoms with Crippen molar-refractivity contribution in [2.75, 3.05) is 68.8 Å². The molecule has 0 spiro atoms. The van der Waals surface area contributed by atoms with E-state index in [0.29, 0.717) is 16.7 Å². The number of urea groups is 2. The first-order valence-corrected chi connectivity index (χ1v) is 25.3. The molecule has 0 aliphatic carbocycles. The van der Waals surface area contributed by atoms with Crippen LogP contribution in [-0.4, -0.2) is 87.7 Å². The third kappa shape index (κ3) is 13.1. The number of aromatic nitrogens is 6. The van der Waals surface area contributed by atoms with Crippen molar-refractivity contribution >= 4 is 89.3 Å². The van der Waals surface area contributed by atoms with Crippen molar-refractivity contribution in [2.24, 2.45) is 7.05 Å². The average Bonchev–Trinajstić information content (AvgIpc) is 4.13. The molecular formula is C43H54N12O4S4. The molecule has 0 unspecified atom stereocenters. The van der Waals surface area contributed by atoms with Gasteiger partial charge in [-0.3, -0.25) is 10.6 Å². The number of anilines is 6. The fourth-order valence-corrected chi connectivity index (χ4v) is 11.2. The largest absolute Gasteiger partial charge is 0.370 e. The number of sulfone groups is 1. The molecule has 2 aliphatic rings. The predicted molar refractivity (Wildman–Crippen MR) is 256 cm³/mol. The number of imidazole rings is 2. The van der Waals surface area contributed by atoms with Crippen LogP contribution >= 0.6 is 34.4 Å². The number of benzene rings is 2. The van der Waals surface area contributed by atoms with E-state index in [2.05, 4.69) is 75.0 Å². The van der Waals surface area contributed by atoms with Crippen LogP contribution in [0.3, 0.4) is 0 Å². The first-order valence-electron chi connectivity index (χ1n) is 21.1. The molecule has 63 heavy (non-hydrogen) atoms. The number of carbonyl (C=O) groups is 2. The van der Waals surface area contributed by atoms with Gasteiger partial charge in [-0.25, -0.2) is 37.9 Å². The number of rotatable bonds is 14. The summed E-state index contributed by atoms with van der Waals surface area (Å²) in [5.41, 5.74) is 6.07. The molecule has 6 heterocycles. The third-order valence-corrected chi connectivity index (χ3v) is 15.0. The van der Waals surface area contributed by atoms with Gasteiger partial charge in [-0.1, -0.05) is 23.9 Å². The van der Waals surface area contributed by atoms with Gasteiger partial charge < -0.3 is 30.0 Å². The molecule has 5 N–H and O–H groups in total. The van der Waals surface area contributed by atoms with E-state index >= 15 is 0 Å². The first kappa shape index (κ1) is 45.6. The second-order valence-corrected chi connectivity index (χ2v) is 20.8. The molecule has 334 valence electrons. The van der Waals surface area contributed by atoms with Crippen molar-refractivity contribution < 1.29 is 18.0 Å². The normalized spacial score (nSPS) is 14.1. The Morgan fingerprint density at radius 3 is 1.75 bits per heavy atom. The SMILES string of the molecule is Cc1ccc(NC(=O)Nc2ncc(CCS(=O)(=O)c3ncc[nH]3)s2)c(N2CCCCC2)c1.Cc1ccc(NC(=O)Nc2ncc(CCSc3nccn3C)s2)c(N2CCCCC2)c1. The molecule has 2 saturated heterocycles. The van der Waals surface area contributed by atoms with E-state index in [-0.39, 0.29) is 23.0 Å². The summed E-state index contributed by atoms with van der Waals surface area (Å²) < 4.78 is 26.5. The van der Waals surface area contributed by atoms with E-state index < -0.39 is 9.84 Å². The second-order valence-electron chi connectivity index (χ2n) is 15.4. The van der Waals surface area contributed by atoms with Gasteiger partial charge in [0, 0.05) is 85.9 Å². The molecule has 20 heteroatoms.